The second-order valence-electron chi connectivity index (χ2n) is 9.08. The maximum atomic E-state index is 12.8. The van der Waals surface area contributed by atoms with E-state index < -0.39 is 0 Å². The number of fused-ring (bicyclic) bond motifs is 2. The van der Waals surface area contributed by atoms with Gasteiger partial charge < -0.3 is 14.7 Å². The molecule has 1 fully saturated rings. The van der Waals surface area contributed by atoms with E-state index in [2.05, 4.69) is 63.1 Å². The lowest BCUT2D eigenvalue weighted by atomic mass is 10.1. The van der Waals surface area contributed by atoms with Gasteiger partial charge in [-0.3, -0.25) is 14.8 Å². The number of rotatable bonds is 6. The van der Waals surface area contributed by atoms with Gasteiger partial charge in [-0.1, -0.05) is 12.1 Å². The highest BCUT2D eigenvalue weighted by Gasteiger charge is 2.34. The first kappa shape index (κ1) is 23.7. The quantitative estimate of drug-likeness (QED) is 0.301. The minimum atomic E-state index is -0.0952. The van der Waals surface area contributed by atoms with Crippen molar-refractivity contribution in [2.75, 3.05) is 37.2 Å². The molecule has 11 heteroatoms. The Morgan fingerprint density at radius 3 is 2.72 bits per heavy atom. The first-order valence-electron chi connectivity index (χ1n) is 12.0. The SMILES string of the molecule is CC[C@@H]1CN(c2cc(=O)n(C)n3cc(C=NOC)nc23)[C@@H](C)CN1N(C)c1ccc2nccnc2c1. The van der Waals surface area contributed by atoms with E-state index in [1.54, 1.807) is 47.1 Å². The van der Waals surface area contributed by atoms with Crippen LogP contribution in [0, 0.1) is 0 Å². The third kappa shape index (κ3) is 4.15. The summed E-state index contributed by atoms with van der Waals surface area (Å²) in [6, 6.07) is 8.22. The van der Waals surface area contributed by atoms with Crippen LogP contribution in [0.3, 0.4) is 0 Å². The van der Waals surface area contributed by atoms with Crippen molar-refractivity contribution in [1.29, 1.82) is 0 Å². The van der Waals surface area contributed by atoms with Crippen LogP contribution >= 0.6 is 0 Å². The van der Waals surface area contributed by atoms with Crippen molar-refractivity contribution < 1.29 is 4.84 Å². The van der Waals surface area contributed by atoms with Crippen molar-refractivity contribution in [1.82, 2.24) is 29.2 Å². The molecule has 11 nitrogen and oxygen atoms in total. The lowest BCUT2D eigenvalue weighted by molar-refractivity contribution is 0.143. The fourth-order valence-electron chi connectivity index (χ4n) is 4.92. The van der Waals surface area contributed by atoms with Crippen LogP contribution in [0.25, 0.3) is 16.7 Å². The van der Waals surface area contributed by atoms with Gasteiger partial charge in [0, 0.05) is 57.7 Å². The Bertz CT molecular complexity index is 1480. The molecule has 0 bridgehead atoms. The monoisotopic (exact) mass is 489 g/mol. The Labute approximate surface area is 209 Å². The fourth-order valence-corrected chi connectivity index (χ4v) is 4.92. The zero-order valence-electron chi connectivity index (χ0n) is 21.2. The average molecular weight is 490 g/mol. The lowest BCUT2D eigenvalue weighted by Crippen LogP contribution is -2.62. The molecule has 1 aliphatic rings. The molecule has 4 heterocycles. The van der Waals surface area contributed by atoms with Crippen molar-refractivity contribution in [3.63, 3.8) is 0 Å². The van der Waals surface area contributed by atoms with E-state index in [0.29, 0.717) is 11.3 Å². The van der Waals surface area contributed by atoms with Crippen LogP contribution in [0.2, 0.25) is 0 Å². The molecule has 0 N–H and O–H groups in total. The molecular weight excluding hydrogens is 458 g/mol. The molecule has 0 radical (unpaired) electrons. The number of imidazole rings is 1. The molecular formula is C25H31N9O2. The van der Waals surface area contributed by atoms with E-state index in [1.807, 2.05) is 6.07 Å². The second-order valence-corrected chi connectivity index (χ2v) is 9.08. The van der Waals surface area contributed by atoms with E-state index in [0.717, 1.165) is 41.9 Å². The molecule has 1 saturated heterocycles. The van der Waals surface area contributed by atoms with Crippen molar-refractivity contribution in [3.05, 3.63) is 58.9 Å². The summed E-state index contributed by atoms with van der Waals surface area (Å²) in [6.45, 7) is 5.92. The summed E-state index contributed by atoms with van der Waals surface area (Å²) >= 11 is 0. The number of nitrogens with zero attached hydrogens (tertiary/aromatic N) is 9. The maximum absolute atomic E-state index is 12.8. The highest BCUT2D eigenvalue weighted by atomic mass is 16.6. The van der Waals surface area contributed by atoms with E-state index >= 15 is 0 Å². The minimum absolute atomic E-state index is 0.0952. The van der Waals surface area contributed by atoms with E-state index in [-0.39, 0.29) is 17.6 Å². The van der Waals surface area contributed by atoms with Crippen molar-refractivity contribution in [3.8, 4) is 0 Å². The van der Waals surface area contributed by atoms with Crippen LogP contribution in [0.15, 0.2) is 52.8 Å². The molecule has 1 aliphatic heterocycles. The summed E-state index contributed by atoms with van der Waals surface area (Å²) < 4.78 is 3.32. The van der Waals surface area contributed by atoms with Crippen molar-refractivity contribution in [2.24, 2.45) is 12.2 Å². The molecule has 5 rings (SSSR count). The topological polar surface area (TPSA) is 96.4 Å². The Balaban J connectivity index is 1.48. The summed E-state index contributed by atoms with van der Waals surface area (Å²) in [5, 5.41) is 8.44. The number of aryl methyl sites for hydroxylation is 1. The van der Waals surface area contributed by atoms with Gasteiger partial charge in [0.05, 0.1) is 34.8 Å². The van der Waals surface area contributed by atoms with Gasteiger partial charge in [0.15, 0.2) is 5.65 Å². The van der Waals surface area contributed by atoms with Gasteiger partial charge in [0.1, 0.15) is 12.8 Å². The third-order valence-corrected chi connectivity index (χ3v) is 6.93. The third-order valence-electron chi connectivity index (χ3n) is 6.93. The van der Waals surface area contributed by atoms with E-state index in [4.69, 9.17) is 9.82 Å². The molecule has 188 valence electrons. The molecule has 4 aromatic rings. The van der Waals surface area contributed by atoms with Gasteiger partial charge in [0.2, 0.25) is 0 Å². The number of oxime groups is 1. The summed E-state index contributed by atoms with van der Waals surface area (Å²) in [5.74, 6) is 0. The zero-order valence-corrected chi connectivity index (χ0v) is 21.2. The number of benzene rings is 1. The van der Waals surface area contributed by atoms with Gasteiger partial charge in [-0.15, -0.1) is 0 Å². The van der Waals surface area contributed by atoms with E-state index in [1.165, 1.54) is 7.11 Å². The molecule has 2 atom stereocenters. The number of hydrogen-bond donors (Lipinski definition) is 0. The van der Waals surface area contributed by atoms with Crippen LogP contribution in [0.4, 0.5) is 11.4 Å². The predicted octanol–water partition coefficient (Wildman–Crippen LogP) is 2.30. The smallest absolute Gasteiger partial charge is 0.267 e. The number of hydrogen-bond acceptors (Lipinski definition) is 9. The number of hydrazine groups is 1. The number of aromatic nitrogens is 5. The normalized spacial score (nSPS) is 19.0. The summed E-state index contributed by atoms with van der Waals surface area (Å²) in [5.41, 5.74) is 4.88. The fraction of sp³-hybridized carbons (Fsp3) is 0.400. The zero-order chi connectivity index (χ0) is 25.4. The molecule has 1 aromatic carbocycles. The Hall–Kier alpha value is -3.99. The first-order chi connectivity index (χ1) is 17.4. The number of piperazine rings is 1. The minimum Gasteiger partial charge on any atom is -0.399 e. The predicted molar refractivity (Wildman–Crippen MR) is 141 cm³/mol. The average Bonchev–Trinajstić information content (AvgIpc) is 3.33. The van der Waals surface area contributed by atoms with Crippen LogP contribution in [-0.4, -0.2) is 74.7 Å². The molecule has 0 spiro atoms. The highest BCUT2D eigenvalue weighted by molar-refractivity contribution is 5.80. The van der Waals surface area contributed by atoms with Gasteiger partial charge in [-0.25, -0.2) is 19.2 Å². The van der Waals surface area contributed by atoms with Crippen LogP contribution in [0.1, 0.15) is 26.0 Å². The molecule has 0 amide bonds. The molecule has 36 heavy (non-hydrogen) atoms. The summed E-state index contributed by atoms with van der Waals surface area (Å²) in [7, 11) is 5.31. The van der Waals surface area contributed by atoms with Gasteiger partial charge in [0.25, 0.3) is 5.56 Å². The van der Waals surface area contributed by atoms with Gasteiger partial charge >= 0.3 is 0 Å². The van der Waals surface area contributed by atoms with Crippen molar-refractivity contribution >= 4 is 34.3 Å². The molecule has 0 aliphatic carbocycles. The molecule has 3 aromatic heterocycles. The summed E-state index contributed by atoms with van der Waals surface area (Å²) in [6.07, 6.45) is 7.70. The maximum Gasteiger partial charge on any atom is 0.267 e. The van der Waals surface area contributed by atoms with Gasteiger partial charge in [-0.05, 0) is 31.5 Å². The largest absolute Gasteiger partial charge is 0.399 e. The lowest BCUT2D eigenvalue weighted by Gasteiger charge is -2.49. The van der Waals surface area contributed by atoms with Crippen LogP contribution in [-0.2, 0) is 11.9 Å². The van der Waals surface area contributed by atoms with E-state index in [9.17, 15) is 4.79 Å². The Morgan fingerprint density at radius 2 is 1.97 bits per heavy atom. The van der Waals surface area contributed by atoms with Crippen molar-refractivity contribution in [2.45, 2.75) is 32.4 Å². The number of anilines is 2. The standard InChI is InChI=1S/C25H31N9O2/c1-6-19-16-32(23-12-24(35)31(4)34-15-18(13-28-36-5)29-25(23)34)17(2)14-33(19)30(3)20-7-8-21-22(11-20)27-10-9-26-21/h7-13,15,17,19H,6,14,16H2,1-5H3/t17-,19+/m0/s1. The van der Waals surface area contributed by atoms with Crippen LogP contribution < -0.4 is 15.5 Å². The summed E-state index contributed by atoms with van der Waals surface area (Å²) in [4.78, 5) is 33.5. The molecule has 0 unspecified atom stereocenters. The van der Waals surface area contributed by atoms with Crippen LogP contribution in [0.5, 0.6) is 0 Å². The highest BCUT2D eigenvalue weighted by Crippen LogP contribution is 2.30. The molecule has 0 saturated carbocycles. The first-order valence-corrected chi connectivity index (χ1v) is 12.0. The Kier molecular flexibility index (Phi) is 6.31. The van der Waals surface area contributed by atoms with Gasteiger partial charge in [-0.2, -0.15) is 0 Å². The second kappa shape index (κ2) is 9.57. The Morgan fingerprint density at radius 1 is 1.19 bits per heavy atom.